The van der Waals surface area contributed by atoms with E-state index in [1.807, 2.05) is 30.3 Å². The molecule has 1 aromatic heterocycles. The van der Waals surface area contributed by atoms with Crippen LogP contribution >= 0.6 is 0 Å². The second-order valence-electron chi connectivity index (χ2n) is 4.61. The van der Waals surface area contributed by atoms with Crippen molar-refractivity contribution in [1.29, 1.82) is 0 Å². The molecule has 0 saturated heterocycles. The Kier molecular flexibility index (Phi) is 5.99. The third-order valence-electron chi connectivity index (χ3n) is 3.02. The smallest absolute Gasteiger partial charge is 0.246 e. The van der Waals surface area contributed by atoms with Gasteiger partial charge in [-0.3, -0.25) is 4.79 Å². The van der Waals surface area contributed by atoms with Gasteiger partial charge in [-0.2, -0.15) is 0 Å². The highest BCUT2D eigenvalue weighted by Gasteiger charge is 2.15. The molecule has 0 bridgehead atoms. The van der Waals surface area contributed by atoms with Crippen LogP contribution in [-0.4, -0.2) is 30.8 Å². The second-order valence-corrected chi connectivity index (χ2v) is 4.61. The van der Waals surface area contributed by atoms with E-state index in [0.29, 0.717) is 12.4 Å². The van der Waals surface area contributed by atoms with Gasteiger partial charge in [-0.25, -0.2) is 0 Å². The molecule has 2 N–H and O–H groups in total. The number of carbonyl (C=O) groups is 1. The van der Waals surface area contributed by atoms with Crippen molar-refractivity contribution in [3.05, 3.63) is 60.1 Å². The molecular formula is C16H19NO4. The number of aliphatic hydroxyl groups excluding tert-OH is 1. The minimum atomic E-state index is -0.537. The van der Waals surface area contributed by atoms with E-state index in [2.05, 4.69) is 5.32 Å². The maximum Gasteiger partial charge on any atom is 0.246 e. The number of aliphatic hydroxyl groups is 1. The summed E-state index contributed by atoms with van der Waals surface area (Å²) in [6.07, 6.45) is 2.26. The van der Waals surface area contributed by atoms with E-state index in [1.54, 1.807) is 12.1 Å². The number of furan rings is 1. The summed E-state index contributed by atoms with van der Waals surface area (Å²) in [5, 5.41) is 11.9. The van der Waals surface area contributed by atoms with Gasteiger partial charge in [-0.15, -0.1) is 0 Å². The topological polar surface area (TPSA) is 71.7 Å². The first-order valence-corrected chi connectivity index (χ1v) is 6.85. The van der Waals surface area contributed by atoms with E-state index < -0.39 is 6.04 Å². The van der Waals surface area contributed by atoms with Crippen molar-refractivity contribution >= 4 is 5.91 Å². The van der Waals surface area contributed by atoms with E-state index in [0.717, 1.165) is 6.42 Å². The van der Waals surface area contributed by atoms with Crippen molar-refractivity contribution in [2.45, 2.75) is 12.5 Å². The van der Waals surface area contributed by atoms with Crippen LogP contribution in [0, 0.1) is 0 Å². The molecule has 5 heteroatoms. The van der Waals surface area contributed by atoms with E-state index >= 15 is 0 Å². The molecule has 0 saturated carbocycles. The monoisotopic (exact) mass is 289 g/mol. The molecule has 1 heterocycles. The van der Waals surface area contributed by atoms with Crippen LogP contribution in [0.5, 0.6) is 0 Å². The SMILES string of the molecule is O=C(COCCc1ccccc1)NC(CO)c1ccco1. The van der Waals surface area contributed by atoms with E-state index in [4.69, 9.17) is 9.15 Å². The lowest BCUT2D eigenvalue weighted by atomic mass is 10.2. The summed E-state index contributed by atoms with van der Waals surface area (Å²) >= 11 is 0. The first kappa shape index (κ1) is 15.3. The predicted octanol–water partition coefficient (Wildman–Crippen LogP) is 1.69. The van der Waals surface area contributed by atoms with Crippen molar-refractivity contribution in [2.24, 2.45) is 0 Å². The Morgan fingerprint density at radius 3 is 2.71 bits per heavy atom. The Labute approximate surface area is 123 Å². The number of rotatable bonds is 8. The Morgan fingerprint density at radius 1 is 1.24 bits per heavy atom. The van der Waals surface area contributed by atoms with Crippen LogP contribution in [0.2, 0.25) is 0 Å². The highest BCUT2D eigenvalue weighted by atomic mass is 16.5. The highest BCUT2D eigenvalue weighted by Crippen LogP contribution is 2.12. The second kappa shape index (κ2) is 8.24. The van der Waals surface area contributed by atoms with Gasteiger partial charge < -0.3 is 19.6 Å². The van der Waals surface area contributed by atoms with Crippen LogP contribution in [0.3, 0.4) is 0 Å². The van der Waals surface area contributed by atoms with Gasteiger partial charge in [0.2, 0.25) is 5.91 Å². The molecule has 0 aliphatic rings. The Morgan fingerprint density at radius 2 is 2.05 bits per heavy atom. The molecule has 2 rings (SSSR count). The largest absolute Gasteiger partial charge is 0.467 e. The van der Waals surface area contributed by atoms with E-state index in [1.165, 1.54) is 11.8 Å². The van der Waals surface area contributed by atoms with Gasteiger partial charge >= 0.3 is 0 Å². The maximum absolute atomic E-state index is 11.7. The lowest BCUT2D eigenvalue weighted by Gasteiger charge is -2.13. The zero-order valence-corrected chi connectivity index (χ0v) is 11.7. The summed E-state index contributed by atoms with van der Waals surface area (Å²) < 4.78 is 10.5. The first-order chi connectivity index (χ1) is 10.3. The molecule has 0 spiro atoms. The molecule has 5 nitrogen and oxygen atoms in total. The standard InChI is InChI=1S/C16H19NO4/c18-11-14(15-7-4-9-21-15)17-16(19)12-20-10-8-13-5-2-1-3-6-13/h1-7,9,14,18H,8,10-12H2,(H,17,19). The van der Waals surface area contributed by atoms with Crippen molar-refractivity contribution in [3.8, 4) is 0 Å². The summed E-state index contributed by atoms with van der Waals surface area (Å²) in [6.45, 7) is 0.218. The van der Waals surface area contributed by atoms with Crippen LogP contribution in [0.4, 0.5) is 0 Å². The highest BCUT2D eigenvalue weighted by molar-refractivity contribution is 5.77. The van der Waals surface area contributed by atoms with E-state index in [9.17, 15) is 9.90 Å². The molecule has 1 aromatic carbocycles. The maximum atomic E-state index is 11.7. The van der Waals surface area contributed by atoms with Gasteiger partial charge in [0.05, 0.1) is 19.5 Å². The lowest BCUT2D eigenvalue weighted by Crippen LogP contribution is -2.33. The van der Waals surface area contributed by atoms with Crippen molar-refractivity contribution in [3.63, 3.8) is 0 Å². The first-order valence-electron chi connectivity index (χ1n) is 6.85. The molecule has 21 heavy (non-hydrogen) atoms. The normalized spacial score (nSPS) is 12.0. The van der Waals surface area contributed by atoms with Crippen LogP contribution in [0.1, 0.15) is 17.4 Å². The fourth-order valence-electron chi connectivity index (χ4n) is 1.93. The summed E-state index contributed by atoms with van der Waals surface area (Å²) in [5.74, 6) is 0.244. The fraction of sp³-hybridized carbons (Fsp3) is 0.312. The van der Waals surface area contributed by atoms with Gasteiger partial charge in [-0.05, 0) is 24.1 Å². The molecule has 0 fully saturated rings. The summed E-state index contributed by atoms with van der Waals surface area (Å²) in [4.78, 5) is 11.7. The molecule has 112 valence electrons. The summed E-state index contributed by atoms with van der Waals surface area (Å²) in [6, 6.07) is 12.8. The Balaban J connectivity index is 1.67. The molecule has 1 atom stereocenters. The number of carbonyl (C=O) groups excluding carboxylic acids is 1. The minimum Gasteiger partial charge on any atom is -0.467 e. The third-order valence-corrected chi connectivity index (χ3v) is 3.02. The van der Waals surface area contributed by atoms with Crippen LogP contribution in [-0.2, 0) is 16.0 Å². The number of nitrogens with one attached hydrogen (secondary N) is 1. The number of hydrogen-bond donors (Lipinski definition) is 2. The molecule has 1 amide bonds. The predicted molar refractivity (Wildman–Crippen MR) is 77.6 cm³/mol. The average Bonchev–Trinajstić information content (AvgIpc) is 3.04. The zero-order valence-electron chi connectivity index (χ0n) is 11.7. The quantitative estimate of drug-likeness (QED) is 0.725. The summed E-state index contributed by atoms with van der Waals surface area (Å²) in [5.41, 5.74) is 1.17. The molecule has 2 aromatic rings. The van der Waals surface area contributed by atoms with Crippen molar-refractivity contribution in [2.75, 3.05) is 19.8 Å². The number of hydrogen-bond acceptors (Lipinski definition) is 4. The molecular weight excluding hydrogens is 270 g/mol. The molecule has 0 aliphatic heterocycles. The molecule has 0 radical (unpaired) electrons. The summed E-state index contributed by atoms with van der Waals surface area (Å²) in [7, 11) is 0. The number of ether oxygens (including phenoxy) is 1. The van der Waals surface area contributed by atoms with E-state index in [-0.39, 0.29) is 19.1 Å². The minimum absolute atomic E-state index is 0.0377. The van der Waals surface area contributed by atoms with Gasteiger partial charge in [0.1, 0.15) is 18.4 Å². The molecule has 0 aliphatic carbocycles. The van der Waals surface area contributed by atoms with Gasteiger partial charge in [0, 0.05) is 0 Å². The number of amides is 1. The Bertz CT molecular complexity index is 524. The van der Waals surface area contributed by atoms with Crippen LogP contribution in [0.25, 0.3) is 0 Å². The molecule has 1 unspecified atom stereocenters. The average molecular weight is 289 g/mol. The van der Waals surface area contributed by atoms with Crippen LogP contribution < -0.4 is 5.32 Å². The number of benzene rings is 1. The van der Waals surface area contributed by atoms with Gasteiger partial charge in [0.25, 0.3) is 0 Å². The third kappa shape index (κ3) is 5.06. The zero-order chi connectivity index (χ0) is 14.9. The van der Waals surface area contributed by atoms with Gasteiger partial charge in [0.15, 0.2) is 0 Å². The lowest BCUT2D eigenvalue weighted by molar-refractivity contribution is -0.126. The van der Waals surface area contributed by atoms with Crippen molar-refractivity contribution in [1.82, 2.24) is 5.32 Å². The van der Waals surface area contributed by atoms with Crippen molar-refractivity contribution < 1.29 is 19.1 Å². The Hall–Kier alpha value is -2.11. The van der Waals surface area contributed by atoms with Crippen LogP contribution in [0.15, 0.2) is 53.1 Å². The van der Waals surface area contributed by atoms with Gasteiger partial charge in [-0.1, -0.05) is 30.3 Å². The fourth-order valence-corrected chi connectivity index (χ4v) is 1.93.